The largest absolute Gasteiger partial charge is 0.355 e. The second kappa shape index (κ2) is 12.1. The van der Waals surface area contributed by atoms with Crippen molar-refractivity contribution in [2.45, 2.75) is 26.2 Å². The third-order valence-electron chi connectivity index (χ3n) is 4.76. The molecule has 0 radical (unpaired) electrons. The lowest BCUT2D eigenvalue weighted by molar-refractivity contribution is -0.126. The molecule has 1 unspecified atom stereocenters. The van der Waals surface area contributed by atoms with Crippen molar-refractivity contribution in [2.24, 2.45) is 11.7 Å². The number of nitrogens with zero attached hydrogens (tertiary/aromatic N) is 2. The van der Waals surface area contributed by atoms with Crippen LogP contribution in [-0.2, 0) is 11.2 Å². The molecule has 1 aromatic heterocycles. The average Bonchev–Trinajstić information content (AvgIpc) is 3.06. The molecule has 0 aliphatic carbocycles. The van der Waals surface area contributed by atoms with E-state index in [-0.39, 0.29) is 42.5 Å². The van der Waals surface area contributed by atoms with Crippen LogP contribution >= 0.6 is 36.2 Å². The van der Waals surface area contributed by atoms with Crippen molar-refractivity contribution in [3.05, 3.63) is 51.5 Å². The first kappa shape index (κ1) is 25.4. The lowest BCUT2D eigenvalue weighted by Crippen LogP contribution is -2.46. The highest BCUT2D eigenvalue weighted by atomic mass is 35.5. The number of thiazole rings is 1. The molecule has 1 saturated heterocycles. The van der Waals surface area contributed by atoms with Gasteiger partial charge in [-0.2, -0.15) is 0 Å². The number of benzene rings is 1. The Morgan fingerprint density at radius 1 is 1.28 bits per heavy atom. The monoisotopic (exact) mass is 458 g/mol. The van der Waals surface area contributed by atoms with Crippen LogP contribution in [0.1, 0.15) is 38.8 Å². The third-order valence-corrected chi connectivity index (χ3v) is 5.90. The summed E-state index contributed by atoms with van der Waals surface area (Å²) in [6.07, 6.45) is 2.37. The summed E-state index contributed by atoms with van der Waals surface area (Å²) in [7, 11) is 0. The zero-order chi connectivity index (χ0) is 19.2. The Labute approximate surface area is 188 Å². The van der Waals surface area contributed by atoms with Gasteiger partial charge in [-0.25, -0.2) is 4.98 Å². The lowest BCUT2D eigenvalue weighted by Gasteiger charge is -2.31. The maximum Gasteiger partial charge on any atom is 0.265 e. The Morgan fingerprint density at radius 3 is 2.69 bits per heavy atom. The van der Waals surface area contributed by atoms with Gasteiger partial charge in [-0.05, 0) is 25.3 Å². The maximum absolute atomic E-state index is 13.0. The summed E-state index contributed by atoms with van der Waals surface area (Å²) in [5, 5.41) is 3.77. The van der Waals surface area contributed by atoms with Crippen molar-refractivity contribution in [1.29, 1.82) is 0 Å². The normalized spacial score (nSPS) is 15.8. The number of amides is 2. The molecule has 1 atom stereocenters. The van der Waals surface area contributed by atoms with Crippen molar-refractivity contribution in [3.63, 3.8) is 0 Å². The zero-order valence-corrected chi connectivity index (χ0v) is 18.9. The zero-order valence-electron chi connectivity index (χ0n) is 16.4. The van der Waals surface area contributed by atoms with Crippen LogP contribution in [0.2, 0.25) is 0 Å². The van der Waals surface area contributed by atoms with Gasteiger partial charge in [0, 0.05) is 32.6 Å². The van der Waals surface area contributed by atoms with Gasteiger partial charge in [-0.1, -0.05) is 30.3 Å². The van der Waals surface area contributed by atoms with E-state index in [1.807, 2.05) is 25.1 Å². The SMILES string of the molecule is Cc1nc(Cc2ccccc2)sc1C(=O)N1CCCC(C(=O)NCCN)C1.Cl.Cl. The van der Waals surface area contributed by atoms with E-state index in [0.717, 1.165) is 30.0 Å². The van der Waals surface area contributed by atoms with Gasteiger partial charge in [-0.3, -0.25) is 9.59 Å². The van der Waals surface area contributed by atoms with E-state index < -0.39 is 0 Å². The van der Waals surface area contributed by atoms with Crippen LogP contribution in [0.5, 0.6) is 0 Å². The summed E-state index contributed by atoms with van der Waals surface area (Å²) in [4.78, 5) is 32.3. The van der Waals surface area contributed by atoms with Crippen molar-refractivity contribution in [2.75, 3.05) is 26.2 Å². The molecule has 2 amide bonds. The molecule has 3 rings (SSSR count). The number of carbonyl (C=O) groups excluding carboxylic acids is 2. The van der Waals surface area contributed by atoms with Gasteiger partial charge < -0.3 is 16.0 Å². The fourth-order valence-electron chi connectivity index (χ4n) is 3.36. The van der Waals surface area contributed by atoms with Crippen LogP contribution in [0, 0.1) is 12.8 Å². The van der Waals surface area contributed by atoms with E-state index in [0.29, 0.717) is 31.1 Å². The summed E-state index contributed by atoms with van der Waals surface area (Å²) < 4.78 is 0. The molecule has 0 spiro atoms. The van der Waals surface area contributed by atoms with Gasteiger partial charge in [-0.15, -0.1) is 36.2 Å². The molecule has 0 saturated carbocycles. The summed E-state index contributed by atoms with van der Waals surface area (Å²) in [5.74, 6) is -0.185. The number of rotatable bonds is 6. The van der Waals surface area contributed by atoms with Crippen molar-refractivity contribution in [3.8, 4) is 0 Å². The number of nitrogens with one attached hydrogen (secondary N) is 1. The number of carbonyl (C=O) groups is 2. The standard InChI is InChI=1S/C20H26N4O2S.2ClH/c1-14-18(27-17(23-14)12-15-6-3-2-4-7-15)20(26)24-11-5-8-16(13-24)19(25)22-10-9-21;;/h2-4,6-7,16H,5,8-13,21H2,1H3,(H,22,25);2*1H. The van der Waals surface area contributed by atoms with Gasteiger partial charge in [0.05, 0.1) is 16.6 Å². The first-order valence-corrected chi connectivity index (χ1v) is 10.2. The van der Waals surface area contributed by atoms with Gasteiger partial charge >= 0.3 is 0 Å². The van der Waals surface area contributed by atoms with Crippen molar-refractivity contribution < 1.29 is 9.59 Å². The second-order valence-electron chi connectivity index (χ2n) is 6.85. The highest BCUT2D eigenvalue weighted by Crippen LogP contribution is 2.25. The molecule has 2 heterocycles. The molecule has 160 valence electrons. The Morgan fingerprint density at radius 2 is 2.00 bits per heavy atom. The Balaban J connectivity index is 0.00000210. The molecule has 1 aliphatic rings. The smallest absolute Gasteiger partial charge is 0.265 e. The predicted octanol–water partition coefficient (Wildman–Crippen LogP) is 2.81. The molecule has 3 N–H and O–H groups in total. The Bertz CT molecular complexity index is 801. The number of piperidine rings is 1. The second-order valence-corrected chi connectivity index (χ2v) is 7.94. The first-order chi connectivity index (χ1) is 13.1. The molecule has 29 heavy (non-hydrogen) atoms. The molecule has 1 aliphatic heterocycles. The van der Waals surface area contributed by atoms with Gasteiger partial charge in [0.2, 0.25) is 5.91 Å². The van der Waals surface area contributed by atoms with Crippen LogP contribution in [0.25, 0.3) is 0 Å². The average molecular weight is 459 g/mol. The van der Waals surface area contributed by atoms with Crippen molar-refractivity contribution in [1.82, 2.24) is 15.2 Å². The van der Waals surface area contributed by atoms with E-state index in [1.165, 1.54) is 16.9 Å². The Hall–Kier alpha value is -1.67. The van der Waals surface area contributed by atoms with Gasteiger partial charge in [0.15, 0.2) is 0 Å². The minimum atomic E-state index is -0.161. The van der Waals surface area contributed by atoms with Gasteiger partial charge in [0.25, 0.3) is 5.91 Å². The maximum atomic E-state index is 13.0. The molecule has 1 fully saturated rings. The molecule has 2 aromatic rings. The highest BCUT2D eigenvalue weighted by molar-refractivity contribution is 7.13. The summed E-state index contributed by atoms with van der Waals surface area (Å²) >= 11 is 1.46. The van der Waals surface area contributed by atoms with Crippen LogP contribution < -0.4 is 11.1 Å². The number of hydrogen-bond donors (Lipinski definition) is 2. The number of aryl methyl sites for hydroxylation is 1. The van der Waals surface area contributed by atoms with Gasteiger partial charge in [0.1, 0.15) is 4.88 Å². The number of nitrogens with two attached hydrogens (primary N) is 1. The fraction of sp³-hybridized carbons (Fsp3) is 0.450. The summed E-state index contributed by atoms with van der Waals surface area (Å²) in [6.45, 7) is 3.92. The summed E-state index contributed by atoms with van der Waals surface area (Å²) in [5.41, 5.74) is 7.40. The molecule has 1 aromatic carbocycles. The molecular formula is C20H28Cl2N4O2S. The van der Waals surface area contributed by atoms with Crippen molar-refractivity contribution >= 4 is 48.0 Å². The van der Waals surface area contributed by atoms with E-state index in [1.54, 1.807) is 4.90 Å². The quantitative estimate of drug-likeness (QED) is 0.696. The molecular weight excluding hydrogens is 431 g/mol. The third kappa shape index (κ3) is 6.67. The lowest BCUT2D eigenvalue weighted by atomic mass is 9.97. The Kier molecular flexibility index (Phi) is 10.6. The number of likely N-dealkylation sites (tertiary alicyclic amines) is 1. The minimum Gasteiger partial charge on any atom is -0.355 e. The van der Waals surface area contributed by atoms with Crippen LogP contribution in [0.4, 0.5) is 0 Å². The van der Waals surface area contributed by atoms with Crippen LogP contribution in [-0.4, -0.2) is 47.9 Å². The van der Waals surface area contributed by atoms with E-state index in [4.69, 9.17) is 5.73 Å². The molecule has 9 heteroatoms. The number of hydrogen-bond acceptors (Lipinski definition) is 5. The van der Waals surface area contributed by atoms with E-state index in [2.05, 4.69) is 22.4 Å². The molecule has 6 nitrogen and oxygen atoms in total. The fourth-order valence-corrected chi connectivity index (χ4v) is 4.42. The van der Waals surface area contributed by atoms with E-state index in [9.17, 15) is 9.59 Å². The predicted molar refractivity (Wildman–Crippen MR) is 121 cm³/mol. The minimum absolute atomic E-state index is 0. The number of halogens is 2. The highest BCUT2D eigenvalue weighted by Gasteiger charge is 2.30. The molecule has 0 bridgehead atoms. The number of aromatic nitrogens is 1. The summed E-state index contributed by atoms with van der Waals surface area (Å²) in [6, 6.07) is 10.1. The van der Waals surface area contributed by atoms with Crippen LogP contribution in [0.15, 0.2) is 30.3 Å². The van der Waals surface area contributed by atoms with E-state index >= 15 is 0 Å². The first-order valence-electron chi connectivity index (χ1n) is 9.35. The van der Waals surface area contributed by atoms with Crippen LogP contribution in [0.3, 0.4) is 0 Å². The topological polar surface area (TPSA) is 88.3 Å².